The van der Waals surface area contributed by atoms with Crippen molar-refractivity contribution in [3.63, 3.8) is 0 Å². The van der Waals surface area contributed by atoms with E-state index in [1.165, 1.54) is 0 Å². The van der Waals surface area contributed by atoms with E-state index in [1.54, 1.807) is 0 Å². The number of fused-ring (bicyclic) bond motifs is 1. The lowest BCUT2D eigenvalue weighted by Gasteiger charge is -2.34. The zero-order valence-corrected chi connectivity index (χ0v) is 16.0. The van der Waals surface area contributed by atoms with Crippen LogP contribution in [0, 0.1) is 3.57 Å². The first-order chi connectivity index (χ1) is 12.2. The van der Waals surface area contributed by atoms with Crippen LogP contribution in [-0.4, -0.2) is 51.3 Å². The molecular formula is C19H19IN4O. The van der Waals surface area contributed by atoms with Gasteiger partial charge in [0, 0.05) is 54.3 Å². The molecule has 128 valence electrons. The van der Waals surface area contributed by atoms with Crippen LogP contribution in [-0.2, 0) is 6.54 Å². The molecule has 3 heterocycles. The van der Waals surface area contributed by atoms with Gasteiger partial charge in [0.2, 0.25) is 0 Å². The number of piperazine rings is 1. The van der Waals surface area contributed by atoms with Gasteiger partial charge in [-0.1, -0.05) is 12.1 Å². The van der Waals surface area contributed by atoms with Crippen molar-refractivity contribution in [3.8, 4) is 0 Å². The Morgan fingerprint density at radius 2 is 1.92 bits per heavy atom. The maximum atomic E-state index is 12.6. The van der Waals surface area contributed by atoms with Gasteiger partial charge in [0.05, 0.1) is 5.69 Å². The maximum absolute atomic E-state index is 12.6. The van der Waals surface area contributed by atoms with Crippen molar-refractivity contribution >= 4 is 34.1 Å². The molecule has 0 bridgehead atoms. The summed E-state index contributed by atoms with van der Waals surface area (Å²) in [5.74, 6) is 0.130. The number of imidazole rings is 1. The van der Waals surface area contributed by atoms with E-state index in [2.05, 4.69) is 38.7 Å². The number of amides is 1. The standard InChI is InChI=1S/C19H19IN4O/c20-16-5-3-4-15(12-16)19(25)23-10-8-22(9-11-23)13-17-14-24-7-2-1-6-18(24)21-17/h1-7,12,14H,8-11,13H2. The lowest BCUT2D eigenvalue weighted by molar-refractivity contribution is 0.0627. The molecule has 0 radical (unpaired) electrons. The molecule has 6 heteroatoms. The number of benzene rings is 1. The number of aromatic nitrogens is 2. The predicted octanol–water partition coefficient (Wildman–Crippen LogP) is 2.90. The highest BCUT2D eigenvalue weighted by atomic mass is 127. The molecule has 0 unspecified atom stereocenters. The molecule has 1 aliphatic heterocycles. The fraction of sp³-hybridized carbons (Fsp3) is 0.263. The van der Waals surface area contributed by atoms with Gasteiger partial charge in [0.1, 0.15) is 5.65 Å². The zero-order chi connectivity index (χ0) is 17.2. The largest absolute Gasteiger partial charge is 0.336 e. The molecule has 0 atom stereocenters. The molecule has 1 fully saturated rings. The van der Waals surface area contributed by atoms with Gasteiger partial charge < -0.3 is 9.30 Å². The van der Waals surface area contributed by atoms with Crippen molar-refractivity contribution < 1.29 is 4.79 Å². The van der Waals surface area contributed by atoms with Gasteiger partial charge in [0.25, 0.3) is 5.91 Å². The van der Waals surface area contributed by atoms with E-state index in [9.17, 15) is 4.79 Å². The summed E-state index contributed by atoms with van der Waals surface area (Å²) < 4.78 is 3.14. The summed E-state index contributed by atoms with van der Waals surface area (Å²) in [6.07, 6.45) is 4.10. The minimum Gasteiger partial charge on any atom is -0.336 e. The summed E-state index contributed by atoms with van der Waals surface area (Å²) in [5, 5.41) is 0. The summed E-state index contributed by atoms with van der Waals surface area (Å²) in [6, 6.07) is 13.8. The number of hydrogen-bond acceptors (Lipinski definition) is 3. The molecule has 2 aromatic heterocycles. The molecular weight excluding hydrogens is 427 g/mol. The molecule has 0 saturated carbocycles. The Bertz CT molecular complexity index is 866. The Morgan fingerprint density at radius 1 is 1.08 bits per heavy atom. The Labute approximate surface area is 160 Å². The lowest BCUT2D eigenvalue weighted by Crippen LogP contribution is -2.48. The second-order valence-corrected chi connectivity index (χ2v) is 7.52. The van der Waals surface area contributed by atoms with E-state index >= 15 is 0 Å². The molecule has 25 heavy (non-hydrogen) atoms. The minimum atomic E-state index is 0.130. The third-order valence-electron chi connectivity index (χ3n) is 4.53. The number of pyridine rings is 1. The minimum absolute atomic E-state index is 0.130. The van der Waals surface area contributed by atoms with Crippen LogP contribution in [0.4, 0.5) is 0 Å². The molecule has 4 rings (SSSR count). The van der Waals surface area contributed by atoms with Crippen LogP contribution in [0.25, 0.3) is 5.65 Å². The number of carbonyl (C=O) groups is 1. The van der Waals surface area contributed by atoms with Crippen LogP contribution in [0.2, 0.25) is 0 Å². The number of nitrogens with zero attached hydrogens (tertiary/aromatic N) is 4. The smallest absolute Gasteiger partial charge is 0.253 e. The quantitative estimate of drug-likeness (QED) is 0.582. The molecule has 0 aliphatic carbocycles. The fourth-order valence-electron chi connectivity index (χ4n) is 3.21. The van der Waals surface area contributed by atoms with E-state index in [0.29, 0.717) is 0 Å². The van der Waals surface area contributed by atoms with Crippen molar-refractivity contribution in [2.24, 2.45) is 0 Å². The SMILES string of the molecule is O=C(c1cccc(I)c1)N1CCN(Cc2cn3ccccc3n2)CC1. The van der Waals surface area contributed by atoms with Gasteiger partial charge in [-0.05, 0) is 52.9 Å². The average Bonchev–Trinajstić information content (AvgIpc) is 3.04. The number of hydrogen-bond donors (Lipinski definition) is 0. The van der Waals surface area contributed by atoms with Crippen molar-refractivity contribution in [3.05, 3.63) is 69.7 Å². The van der Waals surface area contributed by atoms with E-state index in [4.69, 9.17) is 0 Å². The van der Waals surface area contributed by atoms with Crippen LogP contribution in [0.15, 0.2) is 54.9 Å². The second kappa shape index (κ2) is 7.13. The molecule has 5 nitrogen and oxygen atoms in total. The third kappa shape index (κ3) is 3.69. The summed E-state index contributed by atoms with van der Waals surface area (Å²) in [7, 11) is 0. The average molecular weight is 446 g/mol. The van der Waals surface area contributed by atoms with Gasteiger partial charge in [-0.3, -0.25) is 9.69 Å². The molecule has 1 amide bonds. The van der Waals surface area contributed by atoms with Gasteiger partial charge in [-0.2, -0.15) is 0 Å². The summed E-state index contributed by atoms with van der Waals surface area (Å²) in [5.41, 5.74) is 2.83. The van der Waals surface area contributed by atoms with Crippen molar-refractivity contribution in [1.29, 1.82) is 0 Å². The van der Waals surface area contributed by atoms with Gasteiger partial charge in [-0.25, -0.2) is 4.98 Å². The summed E-state index contributed by atoms with van der Waals surface area (Å²) in [4.78, 5) is 21.6. The highest BCUT2D eigenvalue weighted by Crippen LogP contribution is 2.14. The highest BCUT2D eigenvalue weighted by Gasteiger charge is 2.22. The predicted molar refractivity (Wildman–Crippen MR) is 106 cm³/mol. The third-order valence-corrected chi connectivity index (χ3v) is 5.20. The Hall–Kier alpha value is -1.93. The van der Waals surface area contributed by atoms with E-state index in [0.717, 1.165) is 53.2 Å². The first kappa shape index (κ1) is 16.5. The van der Waals surface area contributed by atoms with Gasteiger partial charge >= 0.3 is 0 Å². The molecule has 1 aromatic carbocycles. The fourth-order valence-corrected chi connectivity index (χ4v) is 3.75. The lowest BCUT2D eigenvalue weighted by atomic mass is 10.2. The van der Waals surface area contributed by atoms with Gasteiger partial charge in [0.15, 0.2) is 0 Å². The van der Waals surface area contributed by atoms with E-state index in [1.807, 2.05) is 58.0 Å². The number of rotatable bonds is 3. The summed E-state index contributed by atoms with van der Waals surface area (Å²) >= 11 is 2.24. The first-order valence-corrected chi connectivity index (χ1v) is 9.47. The van der Waals surface area contributed by atoms with Crippen LogP contribution < -0.4 is 0 Å². The van der Waals surface area contributed by atoms with Crippen molar-refractivity contribution in [2.45, 2.75) is 6.54 Å². The Kier molecular flexibility index (Phi) is 4.72. The number of halogens is 1. The van der Waals surface area contributed by atoms with E-state index in [-0.39, 0.29) is 5.91 Å². The molecule has 3 aromatic rings. The number of carbonyl (C=O) groups excluding carboxylic acids is 1. The van der Waals surface area contributed by atoms with Crippen LogP contribution in [0.5, 0.6) is 0 Å². The van der Waals surface area contributed by atoms with Crippen LogP contribution in [0.1, 0.15) is 16.1 Å². The highest BCUT2D eigenvalue weighted by molar-refractivity contribution is 14.1. The summed E-state index contributed by atoms with van der Waals surface area (Å²) in [6.45, 7) is 4.11. The molecule has 0 spiro atoms. The topological polar surface area (TPSA) is 40.9 Å². The molecule has 0 N–H and O–H groups in total. The Morgan fingerprint density at radius 3 is 2.68 bits per heavy atom. The normalized spacial score (nSPS) is 15.6. The molecule has 1 saturated heterocycles. The zero-order valence-electron chi connectivity index (χ0n) is 13.8. The van der Waals surface area contributed by atoms with E-state index < -0.39 is 0 Å². The molecule has 1 aliphatic rings. The maximum Gasteiger partial charge on any atom is 0.253 e. The monoisotopic (exact) mass is 446 g/mol. The van der Waals surface area contributed by atoms with Gasteiger partial charge in [-0.15, -0.1) is 0 Å². The van der Waals surface area contributed by atoms with Crippen LogP contribution in [0.3, 0.4) is 0 Å². The van der Waals surface area contributed by atoms with Crippen molar-refractivity contribution in [1.82, 2.24) is 19.2 Å². The first-order valence-electron chi connectivity index (χ1n) is 8.39. The van der Waals surface area contributed by atoms with Crippen LogP contribution >= 0.6 is 22.6 Å². The van der Waals surface area contributed by atoms with Crippen molar-refractivity contribution in [2.75, 3.05) is 26.2 Å². The second-order valence-electron chi connectivity index (χ2n) is 6.28. The Balaban J connectivity index is 1.37.